The van der Waals surface area contributed by atoms with Crippen molar-refractivity contribution in [2.24, 2.45) is 0 Å². The summed E-state index contributed by atoms with van der Waals surface area (Å²) in [6, 6.07) is 8.26. The van der Waals surface area contributed by atoms with E-state index in [0.717, 1.165) is 12.0 Å². The van der Waals surface area contributed by atoms with E-state index in [4.69, 9.17) is 11.6 Å². The summed E-state index contributed by atoms with van der Waals surface area (Å²) < 4.78 is 0. The van der Waals surface area contributed by atoms with Crippen molar-refractivity contribution in [1.82, 2.24) is 5.32 Å². The molecule has 0 aromatic heterocycles. The number of aliphatic hydroxyl groups excluding tert-OH is 1. The summed E-state index contributed by atoms with van der Waals surface area (Å²) in [6.45, 7) is 2.21. The second-order valence-corrected chi connectivity index (χ2v) is 5.63. The number of piperidine rings is 1. The van der Waals surface area contributed by atoms with E-state index in [1.807, 2.05) is 24.3 Å². The maximum atomic E-state index is 10.4. The minimum atomic E-state index is -0.455. The van der Waals surface area contributed by atoms with Crippen molar-refractivity contribution < 1.29 is 5.11 Å². The molecule has 2 nitrogen and oxygen atoms in total. The molecule has 0 unspecified atom stereocenters. The molecule has 2 N–H and O–H groups in total. The Kier molecular flexibility index (Phi) is 5.04. The average Bonchev–Trinajstić information content (AvgIpc) is 2.39. The smallest absolute Gasteiger partial charge is 0.0943 e. The van der Waals surface area contributed by atoms with E-state index in [1.54, 1.807) is 0 Å². The zero-order valence-corrected chi connectivity index (χ0v) is 11.7. The number of rotatable bonds is 4. The van der Waals surface area contributed by atoms with Crippen molar-refractivity contribution in [3.63, 3.8) is 0 Å². The van der Waals surface area contributed by atoms with Crippen LogP contribution in [0.3, 0.4) is 0 Å². The van der Waals surface area contributed by atoms with E-state index < -0.39 is 6.10 Å². The highest BCUT2D eigenvalue weighted by Gasteiger charge is 2.26. The van der Waals surface area contributed by atoms with Crippen LogP contribution >= 0.6 is 11.6 Å². The highest BCUT2D eigenvalue weighted by molar-refractivity contribution is 6.30. The molecule has 0 saturated carbocycles. The summed E-state index contributed by atoms with van der Waals surface area (Å²) in [5.74, 6) is 0. The molecule has 100 valence electrons. The highest BCUT2D eigenvalue weighted by Crippen LogP contribution is 2.27. The second kappa shape index (κ2) is 6.55. The lowest BCUT2D eigenvalue weighted by atomic mass is 9.90. The first kappa shape index (κ1) is 13.9. The maximum Gasteiger partial charge on any atom is 0.0943 e. The van der Waals surface area contributed by atoms with Crippen LogP contribution in [-0.4, -0.2) is 17.2 Å². The van der Waals surface area contributed by atoms with Gasteiger partial charge >= 0.3 is 0 Å². The molecule has 1 fully saturated rings. The Balaban J connectivity index is 2.02. The van der Waals surface area contributed by atoms with Crippen molar-refractivity contribution in [3.05, 3.63) is 34.9 Å². The van der Waals surface area contributed by atoms with Gasteiger partial charge in [0.15, 0.2) is 0 Å². The lowest BCUT2D eigenvalue weighted by Gasteiger charge is -2.34. The van der Waals surface area contributed by atoms with Gasteiger partial charge in [-0.05, 0) is 37.0 Å². The fourth-order valence-electron chi connectivity index (χ4n) is 2.80. The van der Waals surface area contributed by atoms with E-state index in [-0.39, 0.29) is 6.04 Å². The van der Waals surface area contributed by atoms with Crippen molar-refractivity contribution >= 4 is 11.6 Å². The van der Waals surface area contributed by atoms with Gasteiger partial charge in [-0.2, -0.15) is 0 Å². The van der Waals surface area contributed by atoms with Crippen molar-refractivity contribution in [2.45, 2.75) is 57.2 Å². The van der Waals surface area contributed by atoms with E-state index in [2.05, 4.69) is 12.2 Å². The molecule has 1 heterocycles. The monoisotopic (exact) mass is 267 g/mol. The zero-order chi connectivity index (χ0) is 13.0. The van der Waals surface area contributed by atoms with Gasteiger partial charge in [0.25, 0.3) is 0 Å². The van der Waals surface area contributed by atoms with Crippen LogP contribution in [0.25, 0.3) is 0 Å². The third-order valence-electron chi connectivity index (χ3n) is 3.73. The molecule has 1 aromatic rings. The highest BCUT2D eigenvalue weighted by atomic mass is 35.5. The molecular formula is C15H22ClNO. The van der Waals surface area contributed by atoms with Crippen molar-refractivity contribution in [3.8, 4) is 0 Å². The van der Waals surface area contributed by atoms with Crippen LogP contribution in [0.2, 0.25) is 5.02 Å². The molecule has 0 bridgehead atoms. The quantitative estimate of drug-likeness (QED) is 0.872. The summed E-state index contributed by atoms with van der Waals surface area (Å²) in [6.07, 6.45) is 5.39. The van der Waals surface area contributed by atoms with Gasteiger partial charge in [-0.1, -0.05) is 43.5 Å². The molecule has 18 heavy (non-hydrogen) atoms. The van der Waals surface area contributed by atoms with Gasteiger partial charge in [-0.15, -0.1) is 0 Å². The van der Waals surface area contributed by atoms with Gasteiger partial charge in [-0.25, -0.2) is 0 Å². The van der Waals surface area contributed by atoms with Gasteiger partial charge in [-0.3, -0.25) is 0 Å². The van der Waals surface area contributed by atoms with E-state index in [9.17, 15) is 5.11 Å². The largest absolute Gasteiger partial charge is 0.387 e. The Labute approximate surface area is 114 Å². The second-order valence-electron chi connectivity index (χ2n) is 5.19. The first-order valence-electron chi connectivity index (χ1n) is 6.90. The Hall–Kier alpha value is -0.570. The van der Waals surface area contributed by atoms with Crippen LogP contribution in [0.4, 0.5) is 0 Å². The van der Waals surface area contributed by atoms with Crippen LogP contribution in [0.1, 0.15) is 50.7 Å². The molecule has 0 radical (unpaired) electrons. The van der Waals surface area contributed by atoms with Crippen molar-refractivity contribution in [1.29, 1.82) is 0 Å². The molecule has 0 spiro atoms. The summed E-state index contributed by atoms with van der Waals surface area (Å²) in [7, 11) is 0. The third-order valence-corrected chi connectivity index (χ3v) is 3.96. The number of nitrogens with one attached hydrogen (secondary N) is 1. The fraction of sp³-hybridized carbons (Fsp3) is 0.600. The predicted molar refractivity (Wildman–Crippen MR) is 75.9 cm³/mol. The van der Waals surface area contributed by atoms with Gasteiger partial charge < -0.3 is 10.4 Å². The number of aliphatic hydroxyl groups is 1. The van der Waals surface area contributed by atoms with E-state index in [0.29, 0.717) is 11.1 Å². The predicted octanol–water partition coefficient (Wildman–Crippen LogP) is 3.68. The molecule has 1 saturated heterocycles. The molecule has 0 amide bonds. The van der Waals surface area contributed by atoms with E-state index in [1.165, 1.54) is 25.7 Å². The van der Waals surface area contributed by atoms with Crippen LogP contribution in [0.5, 0.6) is 0 Å². The van der Waals surface area contributed by atoms with Crippen LogP contribution in [0, 0.1) is 0 Å². The molecule has 0 aliphatic carbocycles. The first-order valence-corrected chi connectivity index (χ1v) is 7.28. The molecule has 3 atom stereocenters. The lowest BCUT2D eigenvalue weighted by Crippen LogP contribution is -2.45. The zero-order valence-electron chi connectivity index (χ0n) is 10.9. The summed E-state index contributed by atoms with van der Waals surface area (Å²) >= 11 is 5.97. The summed E-state index contributed by atoms with van der Waals surface area (Å²) in [5, 5.41) is 14.7. The van der Waals surface area contributed by atoms with Gasteiger partial charge in [0.1, 0.15) is 0 Å². The van der Waals surface area contributed by atoms with Crippen LogP contribution in [-0.2, 0) is 0 Å². The third kappa shape index (κ3) is 3.47. The minimum absolute atomic E-state index is 0.161. The normalized spacial score (nSPS) is 25.9. The Morgan fingerprint density at radius 3 is 3.00 bits per heavy atom. The lowest BCUT2D eigenvalue weighted by molar-refractivity contribution is 0.0998. The molecule has 1 aliphatic rings. The van der Waals surface area contributed by atoms with Gasteiger partial charge in [0, 0.05) is 17.1 Å². The summed E-state index contributed by atoms with van der Waals surface area (Å²) in [5.41, 5.74) is 0.914. The summed E-state index contributed by atoms with van der Waals surface area (Å²) in [4.78, 5) is 0. The Morgan fingerprint density at radius 2 is 2.28 bits per heavy atom. The van der Waals surface area contributed by atoms with Crippen molar-refractivity contribution in [2.75, 3.05) is 0 Å². The molecule has 3 heteroatoms. The maximum absolute atomic E-state index is 10.4. The fourth-order valence-corrected chi connectivity index (χ4v) is 3.00. The van der Waals surface area contributed by atoms with Gasteiger partial charge in [0.2, 0.25) is 0 Å². The number of benzene rings is 1. The molecular weight excluding hydrogens is 246 g/mol. The van der Waals surface area contributed by atoms with Gasteiger partial charge in [0.05, 0.1) is 6.10 Å². The van der Waals surface area contributed by atoms with E-state index >= 15 is 0 Å². The SMILES string of the molecule is CCC[C@H]1CCC[C@@H]([C@H](O)c2cccc(Cl)c2)N1. The number of halogens is 1. The molecule has 2 rings (SSSR count). The van der Waals surface area contributed by atoms with Crippen LogP contribution in [0.15, 0.2) is 24.3 Å². The standard InChI is InChI=1S/C15H22ClNO/c1-2-5-13-8-4-9-14(17-13)15(18)11-6-3-7-12(16)10-11/h3,6-7,10,13-15,17-18H,2,4-5,8-9H2,1H3/t13-,14-,15+/m0/s1. The number of hydrogen-bond acceptors (Lipinski definition) is 2. The minimum Gasteiger partial charge on any atom is -0.387 e. The molecule has 1 aromatic carbocycles. The Morgan fingerprint density at radius 1 is 1.44 bits per heavy atom. The number of hydrogen-bond donors (Lipinski definition) is 2. The molecule has 1 aliphatic heterocycles. The average molecular weight is 268 g/mol. The Bertz CT molecular complexity index is 381. The first-order chi connectivity index (χ1) is 8.70. The van der Waals surface area contributed by atoms with Crippen LogP contribution < -0.4 is 5.32 Å². The topological polar surface area (TPSA) is 32.3 Å².